The van der Waals surface area contributed by atoms with E-state index in [0.29, 0.717) is 6.42 Å². The van der Waals surface area contributed by atoms with Crippen LogP contribution < -0.4 is 0 Å². The molecule has 0 N–H and O–H groups in total. The minimum atomic E-state index is 0.270. The highest BCUT2D eigenvalue weighted by Crippen LogP contribution is 2.36. The molecule has 82 valence electrons. The maximum Gasteiger partial charge on any atom is 0.135 e. The van der Waals surface area contributed by atoms with Gasteiger partial charge in [0.15, 0.2) is 0 Å². The molecule has 2 rings (SSSR count). The predicted molar refractivity (Wildman–Crippen MR) is 64.5 cm³/mol. The first-order chi connectivity index (χ1) is 7.25. The van der Waals surface area contributed by atoms with Gasteiger partial charge in [-0.1, -0.05) is 19.3 Å². The quantitative estimate of drug-likeness (QED) is 0.757. The highest BCUT2D eigenvalue weighted by atomic mass is 32.1. The van der Waals surface area contributed by atoms with Gasteiger partial charge in [-0.05, 0) is 37.8 Å². The SMILES string of the molecule is CC(=O)Cc1ccc(C2CCCCC2)s1. The van der Waals surface area contributed by atoms with Crippen molar-refractivity contribution in [3.63, 3.8) is 0 Å². The van der Waals surface area contributed by atoms with Gasteiger partial charge in [0, 0.05) is 16.2 Å². The van der Waals surface area contributed by atoms with Crippen LogP contribution in [0.25, 0.3) is 0 Å². The first-order valence-corrected chi connectivity index (χ1v) is 6.65. The molecule has 0 spiro atoms. The molecule has 0 aromatic carbocycles. The Balaban J connectivity index is 2.02. The molecular formula is C13H18OS. The topological polar surface area (TPSA) is 17.1 Å². The summed E-state index contributed by atoms with van der Waals surface area (Å²) in [4.78, 5) is 13.7. The molecule has 2 heteroatoms. The van der Waals surface area contributed by atoms with Crippen LogP contribution in [-0.4, -0.2) is 5.78 Å². The number of ketones is 1. The van der Waals surface area contributed by atoms with Crippen LogP contribution in [0.3, 0.4) is 0 Å². The van der Waals surface area contributed by atoms with Crippen LogP contribution in [0.2, 0.25) is 0 Å². The second-order valence-electron chi connectivity index (χ2n) is 4.52. The van der Waals surface area contributed by atoms with Gasteiger partial charge in [0.25, 0.3) is 0 Å². The van der Waals surface area contributed by atoms with Gasteiger partial charge >= 0.3 is 0 Å². The molecule has 0 saturated heterocycles. The van der Waals surface area contributed by atoms with Crippen molar-refractivity contribution in [3.05, 3.63) is 21.9 Å². The summed E-state index contributed by atoms with van der Waals surface area (Å²) in [5.41, 5.74) is 0. The fourth-order valence-electron chi connectivity index (χ4n) is 2.34. The summed E-state index contributed by atoms with van der Waals surface area (Å²) in [5.74, 6) is 1.05. The van der Waals surface area contributed by atoms with Gasteiger partial charge in [-0.25, -0.2) is 0 Å². The van der Waals surface area contributed by atoms with Crippen molar-refractivity contribution in [2.75, 3.05) is 0 Å². The van der Waals surface area contributed by atoms with Gasteiger partial charge in [0.05, 0.1) is 0 Å². The summed E-state index contributed by atoms with van der Waals surface area (Å²) >= 11 is 1.85. The van der Waals surface area contributed by atoms with Crippen molar-refractivity contribution in [3.8, 4) is 0 Å². The van der Waals surface area contributed by atoms with Crippen LogP contribution in [0.15, 0.2) is 12.1 Å². The van der Waals surface area contributed by atoms with Gasteiger partial charge in [0.2, 0.25) is 0 Å². The van der Waals surface area contributed by atoms with E-state index < -0.39 is 0 Å². The van der Waals surface area contributed by atoms with Crippen LogP contribution in [0, 0.1) is 0 Å². The molecule has 1 fully saturated rings. The molecule has 1 heterocycles. The molecule has 1 aromatic heterocycles. The molecule has 0 aliphatic heterocycles. The number of hydrogen-bond acceptors (Lipinski definition) is 2. The molecule has 1 saturated carbocycles. The van der Waals surface area contributed by atoms with Gasteiger partial charge in [-0.2, -0.15) is 0 Å². The lowest BCUT2D eigenvalue weighted by atomic mass is 9.88. The van der Waals surface area contributed by atoms with Crippen LogP contribution in [-0.2, 0) is 11.2 Å². The Morgan fingerprint density at radius 1 is 1.33 bits per heavy atom. The third-order valence-corrected chi connectivity index (χ3v) is 4.36. The molecule has 0 bridgehead atoms. The lowest BCUT2D eigenvalue weighted by molar-refractivity contribution is -0.116. The lowest BCUT2D eigenvalue weighted by Gasteiger charge is -2.19. The van der Waals surface area contributed by atoms with E-state index in [1.165, 1.54) is 41.9 Å². The molecule has 1 nitrogen and oxygen atoms in total. The normalized spacial score (nSPS) is 17.9. The first-order valence-electron chi connectivity index (χ1n) is 5.84. The second kappa shape index (κ2) is 4.93. The zero-order valence-corrected chi connectivity index (χ0v) is 10.1. The Labute approximate surface area is 95.5 Å². The van der Waals surface area contributed by atoms with E-state index >= 15 is 0 Å². The zero-order valence-electron chi connectivity index (χ0n) is 9.29. The number of carbonyl (C=O) groups excluding carboxylic acids is 1. The molecule has 1 aliphatic rings. The summed E-state index contributed by atoms with van der Waals surface area (Å²) in [6, 6.07) is 4.37. The van der Waals surface area contributed by atoms with Crippen LogP contribution in [0.1, 0.15) is 54.7 Å². The third-order valence-electron chi connectivity index (χ3n) is 3.11. The monoisotopic (exact) mass is 222 g/mol. The Kier molecular flexibility index (Phi) is 3.57. The van der Waals surface area contributed by atoms with E-state index in [2.05, 4.69) is 12.1 Å². The van der Waals surface area contributed by atoms with Gasteiger partial charge in [0.1, 0.15) is 5.78 Å². The average molecular weight is 222 g/mol. The lowest BCUT2D eigenvalue weighted by Crippen LogP contribution is -2.02. The molecule has 1 aromatic rings. The summed E-state index contributed by atoms with van der Waals surface area (Å²) in [6.45, 7) is 1.67. The van der Waals surface area contributed by atoms with Crippen molar-refractivity contribution < 1.29 is 4.79 Å². The highest BCUT2D eigenvalue weighted by Gasteiger charge is 2.17. The van der Waals surface area contributed by atoms with Gasteiger partial charge in [-0.15, -0.1) is 11.3 Å². The maximum atomic E-state index is 11.0. The Morgan fingerprint density at radius 3 is 2.73 bits per heavy atom. The zero-order chi connectivity index (χ0) is 10.7. The molecule has 0 radical (unpaired) electrons. The summed E-state index contributed by atoms with van der Waals surface area (Å²) in [5, 5.41) is 0. The second-order valence-corrected chi connectivity index (χ2v) is 5.72. The van der Waals surface area contributed by atoms with Crippen LogP contribution in [0.5, 0.6) is 0 Å². The van der Waals surface area contributed by atoms with E-state index in [0.717, 1.165) is 5.92 Å². The first kappa shape index (κ1) is 10.9. The van der Waals surface area contributed by atoms with Gasteiger partial charge in [-0.3, -0.25) is 4.79 Å². The predicted octanol–water partition coefficient (Wildman–Crippen LogP) is 3.93. The largest absolute Gasteiger partial charge is 0.300 e. The smallest absolute Gasteiger partial charge is 0.135 e. The third kappa shape index (κ3) is 2.91. The standard InChI is InChI=1S/C13H18OS/c1-10(14)9-12-7-8-13(15-12)11-5-3-2-4-6-11/h7-8,11H,2-6,9H2,1H3. The van der Waals surface area contributed by atoms with Crippen molar-refractivity contribution in [1.82, 2.24) is 0 Å². The maximum absolute atomic E-state index is 11.0. The highest BCUT2D eigenvalue weighted by molar-refractivity contribution is 7.12. The Morgan fingerprint density at radius 2 is 2.07 bits per heavy atom. The van der Waals surface area contributed by atoms with E-state index in [9.17, 15) is 4.79 Å². The van der Waals surface area contributed by atoms with E-state index in [-0.39, 0.29) is 5.78 Å². The number of rotatable bonds is 3. The Bertz CT molecular complexity index is 334. The van der Waals surface area contributed by atoms with Crippen molar-refractivity contribution in [1.29, 1.82) is 0 Å². The molecule has 0 atom stereocenters. The van der Waals surface area contributed by atoms with Crippen molar-refractivity contribution in [2.24, 2.45) is 0 Å². The molecule has 0 unspecified atom stereocenters. The molecular weight excluding hydrogens is 204 g/mol. The summed E-state index contributed by atoms with van der Waals surface area (Å²) in [6.07, 6.45) is 7.48. The summed E-state index contributed by atoms with van der Waals surface area (Å²) < 4.78 is 0. The number of hydrogen-bond donors (Lipinski definition) is 0. The average Bonchev–Trinajstić information content (AvgIpc) is 2.67. The molecule has 0 amide bonds. The molecule has 15 heavy (non-hydrogen) atoms. The molecule has 1 aliphatic carbocycles. The fourth-order valence-corrected chi connectivity index (χ4v) is 3.59. The van der Waals surface area contributed by atoms with Crippen molar-refractivity contribution in [2.45, 2.75) is 51.4 Å². The number of carbonyl (C=O) groups is 1. The Hall–Kier alpha value is -0.630. The fraction of sp³-hybridized carbons (Fsp3) is 0.615. The minimum absolute atomic E-state index is 0.270. The van der Waals surface area contributed by atoms with Crippen LogP contribution in [0.4, 0.5) is 0 Å². The van der Waals surface area contributed by atoms with E-state index in [1.54, 1.807) is 6.92 Å². The minimum Gasteiger partial charge on any atom is -0.300 e. The number of thiophene rings is 1. The van der Waals surface area contributed by atoms with Crippen LogP contribution >= 0.6 is 11.3 Å². The van der Waals surface area contributed by atoms with E-state index in [1.807, 2.05) is 11.3 Å². The summed E-state index contributed by atoms with van der Waals surface area (Å²) in [7, 11) is 0. The van der Waals surface area contributed by atoms with Gasteiger partial charge < -0.3 is 0 Å². The van der Waals surface area contributed by atoms with E-state index in [4.69, 9.17) is 0 Å². The number of Topliss-reactive ketones (excluding diaryl/α,β-unsaturated/α-hetero) is 1. The van der Waals surface area contributed by atoms with Crippen molar-refractivity contribution >= 4 is 17.1 Å².